The number of sulfonamides is 1. The Morgan fingerprint density at radius 2 is 1.71 bits per heavy atom. The molecule has 0 aromatic heterocycles. The maximum atomic E-state index is 13.1. The highest BCUT2D eigenvalue weighted by Gasteiger charge is 2.27. The molecule has 34 heavy (non-hydrogen) atoms. The summed E-state index contributed by atoms with van der Waals surface area (Å²) in [5.41, 5.74) is 1.27. The monoisotopic (exact) mass is 486 g/mol. The normalized spacial score (nSPS) is 16.7. The second-order valence-electron chi connectivity index (χ2n) is 8.72. The predicted molar refractivity (Wildman–Crippen MR) is 128 cm³/mol. The van der Waals surface area contributed by atoms with Gasteiger partial charge >= 0.3 is 0 Å². The number of carbonyl (C=O) groups is 2. The lowest BCUT2D eigenvalue weighted by Gasteiger charge is -2.34. The Morgan fingerprint density at radius 3 is 2.32 bits per heavy atom. The van der Waals surface area contributed by atoms with Crippen molar-refractivity contribution in [1.82, 2.24) is 15.1 Å². The van der Waals surface area contributed by atoms with Crippen molar-refractivity contribution in [3.05, 3.63) is 53.6 Å². The standard InChI is InChI=1S/C24H30N4O5S/c1-17-3-4-18(15-22(17)34(31,32)26-20-7-9-21(33-2)10-8-20)24(30)28-13-11-27(12-14-28)16-23(29)25-19-5-6-19/h3-4,7-10,15,19,26H,5-6,11-14,16H2,1-2H3,(H,25,29). The fraction of sp³-hybridized carbons (Fsp3) is 0.417. The van der Waals surface area contributed by atoms with Crippen molar-refractivity contribution < 1.29 is 22.7 Å². The molecule has 2 aliphatic rings. The first-order valence-electron chi connectivity index (χ1n) is 11.3. The molecule has 1 saturated carbocycles. The summed E-state index contributed by atoms with van der Waals surface area (Å²) in [6.45, 7) is 4.19. The van der Waals surface area contributed by atoms with E-state index in [1.807, 2.05) is 4.90 Å². The number of hydrogen-bond donors (Lipinski definition) is 2. The third kappa shape index (κ3) is 5.87. The fourth-order valence-electron chi connectivity index (χ4n) is 3.89. The number of methoxy groups -OCH3 is 1. The molecular formula is C24H30N4O5S. The second-order valence-corrected chi connectivity index (χ2v) is 10.4. The second kappa shape index (κ2) is 10.0. The fourth-order valence-corrected chi connectivity index (χ4v) is 5.22. The van der Waals surface area contributed by atoms with Crippen LogP contribution in [0.5, 0.6) is 5.75 Å². The van der Waals surface area contributed by atoms with Crippen LogP contribution < -0.4 is 14.8 Å². The Kier molecular flexibility index (Phi) is 7.08. The molecule has 2 N–H and O–H groups in total. The molecule has 1 aliphatic heterocycles. The average Bonchev–Trinajstić information content (AvgIpc) is 3.63. The molecule has 2 amide bonds. The van der Waals surface area contributed by atoms with Crippen LogP contribution in [0, 0.1) is 6.92 Å². The first kappa shape index (κ1) is 24.0. The molecule has 4 rings (SSSR count). The van der Waals surface area contributed by atoms with E-state index in [1.54, 1.807) is 48.2 Å². The smallest absolute Gasteiger partial charge is 0.262 e. The van der Waals surface area contributed by atoms with Gasteiger partial charge in [0.15, 0.2) is 0 Å². The molecule has 1 aliphatic carbocycles. The van der Waals surface area contributed by atoms with Crippen molar-refractivity contribution in [3.63, 3.8) is 0 Å². The van der Waals surface area contributed by atoms with Crippen molar-refractivity contribution in [3.8, 4) is 5.75 Å². The molecule has 0 unspecified atom stereocenters. The number of rotatable bonds is 8. The molecule has 9 nitrogen and oxygen atoms in total. The third-order valence-corrected chi connectivity index (χ3v) is 7.56. The van der Waals surface area contributed by atoms with Crippen LogP contribution in [-0.4, -0.2) is 75.9 Å². The van der Waals surface area contributed by atoms with Gasteiger partial charge in [-0.25, -0.2) is 8.42 Å². The maximum absolute atomic E-state index is 13.1. The number of aryl methyl sites for hydroxylation is 1. The van der Waals surface area contributed by atoms with Gasteiger partial charge in [0.2, 0.25) is 5.91 Å². The summed E-state index contributed by atoms with van der Waals surface area (Å²) >= 11 is 0. The largest absolute Gasteiger partial charge is 0.497 e. The van der Waals surface area contributed by atoms with Crippen LogP contribution in [-0.2, 0) is 14.8 Å². The number of anilines is 1. The molecule has 1 saturated heterocycles. The molecule has 182 valence electrons. The van der Waals surface area contributed by atoms with Crippen LogP contribution in [0.1, 0.15) is 28.8 Å². The first-order chi connectivity index (χ1) is 16.2. The van der Waals surface area contributed by atoms with E-state index in [0.29, 0.717) is 61.3 Å². The SMILES string of the molecule is COc1ccc(NS(=O)(=O)c2cc(C(=O)N3CCN(CC(=O)NC4CC4)CC3)ccc2C)cc1. The van der Waals surface area contributed by atoms with Gasteiger partial charge in [-0.3, -0.25) is 19.2 Å². The zero-order chi connectivity index (χ0) is 24.3. The van der Waals surface area contributed by atoms with E-state index >= 15 is 0 Å². The van der Waals surface area contributed by atoms with Crippen LogP contribution in [0.15, 0.2) is 47.4 Å². The van der Waals surface area contributed by atoms with Crippen LogP contribution in [0.25, 0.3) is 0 Å². The highest BCUT2D eigenvalue weighted by Crippen LogP contribution is 2.23. The quantitative estimate of drug-likeness (QED) is 0.590. The average molecular weight is 487 g/mol. The lowest BCUT2D eigenvalue weighted by atomic mass is 10.1. The number of piperazine rings is 1. The number of benzene rings is 2. The highest BCUT2D eigenvalue weighted by molar-refractivity contribution is 7.92. The molecule has 0 bridgehead atoms. The van der Waals surface area contributed by atoms with E-state index < -0.39 is 10.0 Å². The summed E-state index contributed by atoms with van der Waals surface area (Å²) in [6.07, 6.45) is 2.11. The van der Waals surface area contributed by atoms with E-state index in [4.69, 9.17) is 4.74 Å². The van der Waals surface area contributed by atoms with Crippen molar-refractivity contribution in [2.24, 2.45) is 0 Å². The van der Waals surface area contributed by atoms with Crippen LogP contribution in [0.3, 0.4) is 0 Å². The zero-order valence-electron chi connectivity index (χ0n) is 19.4. The topological polar surface area (TPSA) is 108 Å². The zero-order valence-corrected chi connectivity index (χ0v) is 20.2. The summed E-state index contributed by atoms with van der Waals surface area (Å²) in [7, 11) is -2.35. The number of amides is 2. The minimum absolute atomic E-state index is 0.0278. The first-order valence-corrected chi connectivity index (χ1v) is 12.8. The summed E-state index contributed by atoms with van der Waals surface area (Å²) in [6, 6.07) is 11.6. The Balaban J connectivity index is 1.40. The summed E-state index contributed by atoms with van der Waals surface area (Å²) in [5, 5.41) is 2.98. The van der Waals surface area contributed by atoms with Crippen LogP contribution in [0.4, 0.5) is 5.69 Å². The molecule has 10 heteroatoms. The van der Waals surface area contributed by atoms with Gasteiger partial charge in [0.25, 0.3) is 15.9 Å². The summed E-state index contributed by atoms with van der Waals surface area (Å²) < 4.78 is 33.8. The van der Waals surface area contributed by atoms with Crippen molar-refractivity contribution >= 4 is 27.5 Å². The van der Waals surface area contributed by atoms with Crippen LogP contribution in [0.2, 0.25) is 0 Å². The van der Waals surface area contributed by atoms with E-state index in [-0.39, 0.29) is 16.7 Å². The molecule has 0 spiro atoms. The third-order valence-electron chi connectivity index (χ3n) is 6.04. The molecule has 1 heterocycles. The van der Waals surface area contributed by atoms with Gasteiger partial charge in [0.05, 0.1) is 18.6 Å². The van der Waals surface area contributed by atoms with Crippen molar-refractivity contribution in [2.45, 2.75) is 30.7 Å². The molecule has 0 atom stereocenters. The number of ether oxygens (including phenoxy) is 1. The lowest BCUT2D eigenvalue weighted by molar-refractivity contribution is -0.122. The van der Waals surface area contributed by atoms with Crippen LogP contribution >= 0.6 is 0 Å². The van der Waals surface area contributed by atoms with Gasteiger partial charge in [0, 0.05) is 43.5 Å². The number of hydrogen-bond acceptors (Lipinski definition) is 6. The molecule has 2 aromatic carbocycles. The minimum atomic E-state index is -3.89. The molecular weight excluding hydrogens is 456 g/mol. The predicted octanol–water partition coefficient (Wildman–Crippen LogP) is 1.84. The molecule has 2 aromatic rings. The van der Waals surface area contributed by atoms with E-state index in [2.05, 4.69) is 10.0 Å². The molecule has 2 fully saturated rings. The number of nitrogens with zero attached hydrogens (tertiary/aromatic N) is 2. The molecule has 0 radical (unpaired) electrons. The summed E-state index contributed by atoms with van der Waals surface area (Å²) in [4.78, 5) is 28.9. The number of carbonyl (C=O) groups excluding carboxylic acids is 2. The Bertz CT molecular complexity index is 1150. The van der Waals surface area contributed by atoms with E-state index in [1.165, 1.54) is 13.2 Å². The van der Waals surface area contributed by atoms with Gasteiger partial charge in [0.1, 0.15) is 5.75 Å². The number of nitrogens with one attached hydrogen (secondary N) is 2. The highest BCUT2D eigenvalue weighted by atomic mass is 32.2. The minimum Gasteiger partial charge on any atom is -0.497 e. The van der Waals surface area contributed by atoms with Gasteiger partial charge < -0.3 is 15.0 Å². The van der Waals surface area contributed by atoms with Crippen molar-refractivity contribution in [1.29, 1.82) is 0 Å². The Labute approximate surface area is 200 Å². The van der Waals surface area contributed by atoms with Crippen molar-refractivity contribution in [2.75, 3.05) is 44.6 Å². The Morgan fingerprint density at radius 1 is 1.03 bits per heavy atom. The van der Waals surface area contributed by atoms with E-state index in [9.17, 15) is 18.0 Å². The van der Waals surface area contributed by atoms with E-state index in [0.717, 1.165) is 12.8 Å². The van der Waals surface area contributed by atoms with Gasteiger partial charge in [-0.15, -0.1) is 0 Å². The summed E-state index contributed by atoms with van der Waals surface area (Å²) in [5.74, 6) is 0.429. The maximum Gasteiger partial charge on any atom is 0.262 e. The van der Waals surface area contributed by atoms with Gasteiger partial charge in [-0.2, -0.15) is 0 Å². The van der Waals surface area contributed by atoms with Gasteiger partial charge in [-0.05, 0) is 61.7 Å². The Hall–Kier alpha value is -3.11. The lowest BCUT2D eigenvalue weighted by Crippen LogP contribution is -2.51. The van der Waals surface area contributed by atoms with Gasteiger partial charge in [-0.1, -0.05) is 6.07 Å².